The summed E-state index contributed by atoms with van der Waals surface area (Å²) in [5, 5.41) is 4.11. The number of para-hydroxylation sites is 1. The highest BCUT2D eigenvalue weighted by Gasteiger charge is 2.16. The van der Waals surface area contributed by atoms with Crippen LogP contribution in [0.1, 0.15) is 9.67 Å². The summed E-state index contributed by atoms with van der Waals surface area (Å²) in [4.78, 5) is 27.9. The van der Waals surface area contributed by atoms with E-state index in [1.165, 1.54) is 14.1 Å². The van der Waals surface area contributed by atoms with Crippen LogP contribution >= 0.6 is 11.3 Å². The van der Waals surface area contributed by atoms with Crippen LogP contribution in [-0.2, 0) is 10.0 Å². The van der Waals surface area contributed by atoms with E-state index in [9.17, 15) is 18.0 Å². The van der Waals surface area contributed by atoms with Crippen LogP contribution in [0.5, 0.6) is 0 Å². The summed E-state index contributed by atoms with van der Waals surface area (Å²) >= 11 is 0.836. The lowest BCUT2D eigenvalue weighted by molar-refractivity contribution is 0.0960. The normalized spacial score (nSPS) is 12.1. The van der Waals surface area contributed by atoms with Gasteiger partial charge in [-0.05, 0) is 12.1 Å². The monoisotopic (exact) mass is 379 g/mol. The van der Waals surface area contributed by atoms with Crippen molar-refractivity contribution in [2.45, 2.75) is 0 Å². The van der Waals surface area contributed by atoms with Gasteiger partial charge in [0.1, 0.15) is 5.52 Å². The number of aromatic nitrogens is 1. The van der Waals surface area contributed by atoms with Crippen LogP contribution in [-0.4, -0.2) is 50.0 Å². The Labute approximate surface area is 148 Å². The highest BCUT2D eigenvalue weighted by atomic mass is 32.2. The van der Waals surface area contributed by atoms with Crippen molar-refractivity contribution in [1.82, 2.24) is 14.6 Å². The van der Waals surface area contributed by atoms with Crippen LogP contribution in [0, 0.1) is 0 Å². The highest BCUT2D eigenvalue weighted by Crippen LogP contribution is 2.25. The molecule has 3 rings (SSSR count). The minimum absolute atomic E-state index is 0.0216. The zero-order valence-corrected chi connectivity index (χ0v) is 15.3. The number of nitrogens with one attached hydrogen (secondary N) is 2. The Bertz CT molecular complexity index is 1110. The number of hydrogen-bond donors (Lipinski definition) is 2. The number of carbonyl (C=O) groups is 1. The van der Waals surface area contributed by atoms with Crippen molar-refractivity contribution >= 4 is 49.1 Å². The van der Waals surface area contributed by atoms with Crippen LogP contribution in [0.2, 0.25) is 0 Å². The SMILES string of the molecule is CN(C)S(=O)(=O)CCNC(=O)c1cc2c([nH]c3ccccc32)c(=O)s1. The molecule has 2 heterocycles. The molecule has 2 aromatic heterocycles. The zero-order valence-electron chi connectivity index (χ0n) is 13.7. The van der Waals surface area contributed by atoms with Gasteiger partial charge in [-0.3, -0.25) is 9.59 Å². The first-order chi connectivity index (χ1) is 11.8. The van der Waals surface area contributed by atoms with Gasteiger partial charge >= 0.3 is 0 Å². The van der Waals surface area contributed by atoms with Crippen molar-refractivity contribution in [3.05, 3.63) is 44.7 Å². The minimum Gasteiger partial charge on any atom is -0.351 e. The van der Waals surface area contributed by atoms with Crippen LogP contribution < -0.4 is 10.1 Å². The number of benzene rings is 1. The first-order valence-corrected chi connectivity index (χ1v) is 9.95. The summed E-state index contributed by atoms with van der Waals surface area (Å²) in [5.41, 5.74) is 1.30. The fourth-order valence-electron chi connectivity index (χ4n) is 2.46. The molecule has 7 nitrogen and oxygen atoms in total. The molecule has 1 aromatic carbocycles. The van der Waals surface area contributed by atoms with E-state index in [-0.39, 0.29) is 21.9 Å². The topological polar surface area (TPSA) is 99.3 Å². The predicted molar refractivity (Wildman–Crippen MR) is 99.8 cm³/mol. The maximum atomic E-state index is 12.3. The van der Waals surface area contributed by atoms with Gasteiger partial charge in [-0.25, -0.2) is 12.7 Å². The molecule has 1 amide bonds. The Morgan fingerprint density at radius 3 is 2.68 bits per heavy atom. The number of fused-ring (bicyclic) bond motifs is 3. The first-order valence-electron chi connectivity index (χ1n) is 7.52. The molecule has 9 heteroatoms. The number of H-pyrrole nitrogens is 1. The highest BCUT2D eigenvalue weighted by molar-refractivity contribution is 7.89. The van der Waals surface area contributed by atoms with Crippen LogP contribution in [0.25, 0.3) is 21.8 Å². The minimum atomic E-state index is -3.38. The number of sulfonamides is 1. The van der Waals surface area contributed by atoms with Gasteiger partial charge in [0, 0.05) is 36.9 Å². The molecule has 0 spiro atoms. The molecule has 0 radical (unpaired) electrons. The van der Waals surface area contributed by atoms with Crippen molar-refractivity contribution < 1.29 is 13.2 Å². The summed E-state index contributed by atoms with van der Waals surface area (Å²) in [7, 11) is -0.507. The van der Waals surface area contributed by atoms with Crippen molar-refractivity contribution in [1.29, 1.82) is 0 Å². The number of hydrogen-bond acceptors (Lipinski definition) is 5. The molecule has 0 fully saturated rings. The second-order valence-electron chi connectivity index (χ2n) is 5.71. The number of aromatic amines is 1. The molecule has 0 unspecified atom stereocenters. The predicted octanol–water partition coefficient (Wildman–Crippen LogP) is 1.36. The summed E-state index contributed by atoms with van der Waals surface area (Å²) in [6, 6.07) is 9.14. The fraction of sp³-hybridized carbons (Fsp3) is 0.250. The first kappa shape index (κ1) is 17.6. The second kappa shape index (κ2) is 6.58. The van der Waals surface area contributed by atoms with Gasteiger partial charge in [0.05, 0.1) is 10.6 Å². The van der Waals surface area contributed by atoms with Gasteiger partial charge in [-0.15, -0.1) is 0 Å². The number of carbonyl (C=O) groups excluding carboxylic acids is 1. The van der Waals surface area contributed by atoms with Gasteiger partial charge in [0.2, 0.25) is 10.0 Å². The Balaban J connectivity index is 1.87. The summed E-state index contributed by atoms with van der Waals surface area (Å²) in [6.45, 7) is -0.0216. The molecule has 2 N–H and O–H groups in total. The molecule has 0 aliphatic carbocycles. The molecule has 0 aliphatic rings. The van der Waals surface area contributed by atoms with Crippen LogP contribution in [0.4, 0.5) is 0 Å². The van der Waals surface area contributed by atoms with Crippen molar-refractivity contribution in [2.24, 2.45) is 0 Å². The third-order valence-electron chi connectivity index (χ3n) is 3.85. The van der Waals surface area contributed by atoms with Crippen molar-refractivity contribution in [2.75, 3.05) is 26.4 Å². The lowest BCUT2D eigenvalue weighted by atomic mass is 10.2. The molecule has 0 bridgehead atoms. The average molecular weight is 379 g/mol. The van der Waals surface area contributed by atoms with Crippen LogP contribution in [0.15, 0.2) is 35.1 Å². The lowest BCUT2D eigenvalue weighted by Crippen LogP contribution is -2.33. The van der Waals surface area contributed by atoms with E-state index in [0.717, 1.165) is 26.5 Å². The second-order valence-corrected chi connectivity index (χ2v) is 9.03. The van der Waals surface area contributed by atoms with E-state index >= 15 is 0 Å². The summed E-state index contributed by atoms with van der Waals surface area (Å²) in [5.74, 6) is -0.654. The molecule has 3 aromatic rings. The zero-order chi connectivity index (χ0) is 18.2. The number of nitrogens with zero attached hydrogens (tertiary/aromatic N) is 1. The van der Waals surface area contributed by atoms with E-state index < -0.39 is 15.9 Å². The van der Waals surface area contributed by atoms with Gasteiger partial charge in [-0.1, -0.05) is 29.5 Å². The van der Waals surface area contributed by atoms with E-state index in [4.69, 9.17) is 0 Å². The molecule has 0 saturated carbocycles. The Hall–Kier alpha value is -2.23. The molecule has 0 saturated heterocycles. The quantitative estimate of drug-likeness (QED) is 0.699. The largest absolute Gasteiger partial charge is 0.351 e. The Morgan fingerprint density at radius 2 is 1.96 bits per heavy atom. The summed E-state index contributed by atoms with van der Waals surface area (Å²) < 4.78 is 24.3. The molecule has 25 heavy (non-hydrogen) atoms. The third kappa shape index (κ3) is 3.44. The molecule has 0 atom stereocenters. The number of rotatable bonds is 5. The standard InChI is InChI=1S/C16H17N3O4S2/c1-19(2)25(22,23)8-7-17-15(20)13-9-11-10-5-3-4-6-12(10)18-14(11)16(21)24-13/h3-6,9,18H,7-8H2,1-2H3,(H,17,20). The maximum absolute atomic E-state index is 12.3. The van der Waals surface area contributed by atoms with Gasteiger partial charge < -0.3 is 10.3 Å². The van der Waals surface area contributed by atoms with Gasteiger partial charge in [0.25, 0.3) is 10.6 Å². The molecular weight excluding hydrogens is 362 g/mol. The van der Waals surface area contributed by atoms with E-state index in [0.29, 0.717) is 10.9 Å². The number of amides is 1. The summed E-state index contributed by atoms with van der Waals surface area (Å²) in [6.07, 6.45) is 0. The lowest BCUT2D eigenvalue weighted by Gasteiger charge is -2.11. The van der Waals surface area contributed by atoms with Crippen molar-refractivity contribution in [3.63, 3.8) is 0 Å². The fourth-order valence-corrected chi connectivity index (χ4v) is 3.99. The van der Waals surface area contributed by atoms with Gasteiger partial charge in [0.15, 0.2) is 0 Å². The van der Waals surface area contributed by atoms with Gasteiger partial charge in [-0.2, -0.15) is 0 Å². The van der Waals surface area contributed by atoms with E-state index in [2.05, 4.69) is 10.3 Å². The van der Waals surface area contributed by atoms with Crippen molar-refractivity contribution in [3.8, 4) is 0 Å². The Morgan fingerprint density at radius 1 is 1.24 bits per heavy atom. The Kier molecular flexibility index (Phi) is 4.63. The van der Waals surface area contributed by atoms with Crippen LogP contribution in [0.3, 0.4) is 0 Å². The molecule has 0 aliphatic heterocycles. The van der Waals surface area contributed by atoms with E-state index in [1.807, 2.05) is 24.3 Å². The van der Waals surface area contributed by atoms with E-state index in [1.54, 1.807) is 6.07 Å². The third-order valence-corrected chi connectivity index (χ3v) is 6.60. The smallest absolute Gasteiger partial charge is 0.261 e. The average Bonchev–Trinajstić information content (AvgIpc) is 2.94. The maximum Gasteiger partial charge on any atom is 0.261 e. The molecule has 132 valence electrons. The molecular formula is C16H17N3O4S2.